The van der Waals surface area contributed by atoms with E-state index in [1.165, 1.54) is 0 Å². The molecule has 2 N–H and O–H groups in total. The summed E-state index contributed by atoms with van der Waals surface area (Å²) in [4.78, 5) is 7.63. The molecule has 6 heteroatoms. The number of aromatic nitrogens is 1. The maximum atomic E-state index is 5.71. The van der Waals surface area contributed by atoms with Crippen molar-refractivity contribution in [2.24, 2.45) is 5.73 Å². The second kappa shape index (κ2) is 9.00. The summed E-state index contributed by atoms with van der Waals surface area (Å²) in [5, 5.41) is 1.00. The van der Waals surface area contributed by atoms with E-state index in [4.69, 9.17) is 10.5 Å². The Hall–Kier alpha value is -1.14. The molecule has 1 aromatic heterocycles. The summed E-state index contributed by atoms with van der Waals surface area (Å²) >= 11 is 1.63. The minimum atomic E-state index is 0. The van der Waals surface area contributed by atoms with Gasteiger partial charge in [-0.1, -0.05) is 0 Å². The molecule has 0 bridgehead atoms. The summed E-state index contributed by atoms with van der Waals surface area (Å²) in [5.41, 5.74) is 6.71. The fraction of sp³-hybridized carbons (Fsp3) is 0.400. The standard InChI is InChI=1S/C15H21N3OS.ClH/c1-18(2)8-3-9-19-13-6-4-12(5-7-13)15-17-11-14(10-16)20-15;/h4-7,11H,3,8-10,16H2,1-2H3;1H. The summed E-state index contributed by atoms with van der Waals surface area (Å²) in [6, 6.07) is 8.07. The molecule has 21 heavy (non-hydrogen) atoms. The maximum absolute atomic E-state index is 5.71. The Balaban J connectivity index is 0.00000220. The molecule has 0 aliphatic heterocycles. The molecule has 2 aromatic rings. The van der Waals surface area contributed by atoms with Gasteiger partial charge in [-0.05, 0) is 44.8 Å². The first-order chi connectivity index (χ1) is 9.69. The average molecular weight is 328 g/mol. The Labute approximate surface area is 136 Å². The summed E-state index contributed by atoms with van der Waals surface area (Å²) in [7, 11) is 4.14. The number of thiazole rings is 1. The fourth-order valence-corrected chi connectivity index (χ4v) is 2.60. The van der Waals surface area contributed by atoms with Gasteiger partial charge in [-0.15, -0.1) is 23.7 Å². The predicted octanol–water partition coefficient (Wildman–Crippen LogP) is 3.02. The minimum absolute atomic E-state index is 0. The number of hydrogen-bond donors (Lipinski definition) is 1. The van der Waals surface area contributed by atoms with Crippen molar-refractivity contribution < 1.29 is 4.74 Å². The highest BCUT2D eigenvalue weighted by atomic mass is 35.5. The first kappa shape index (κ1) is 17.9. The van der Waals surface area contributed by atoms with Crippen LogP contribution in [0.4, 0.5) is 0 Å². The van der Waals surface area contributed by atoms with Gasteiger partial charge in [-0.25, -0.2) is 4.98 Å². The molecule has 0 unspecified atom stereocenters. The number of halogens is 1. The third-order valence-electron chi connectivity index (χ3n) is 2.87. The van der Waals surface area contributed by atoms with E-state index in [1.807, 2.05) is 30.5 Å². The zero-order chi connectivity index (χ0) is 14.4. The van der Waals surface area contributed by atoms with Gasteiger partial charge < -0.3 is 15.4 Å². The van der Waals surface area contributed by atoms with Crippen LogP contribution in [0.3, 0.4) is 0 Å². The van der Waals surface area contributed by atoms with E-state index < -0.39 is 0 Å². The first-order valence-electron chi connectivity index (χ1n) is 6.72. The van der Waals surface area contributed by atoms with E-state index in [0.29, 0.717) is 6.54 Å². The number of hydrogen-bond acceptors (Lipinski definition) is 5. The highest BCUT2D eigenvalue weighted by Gasteiger charge is 2.04. The van der Waals surface area contributed by atoms with E-state index in [1.54, 1.807) is 11.3 Å². The Bertz CT molecular complexity index is 528. The van der Waals surface area contributed by atoms with Gasteiger partial charge in [0.05, 0.1) is 6.61 Å². The molecule has 0 saturated carbocycles. The lowest BCUT2D eigenvalue weighted by atomic mass is 10.2. The van der Waals surface area contributed by atoms with Crippen LogP contribution in [0.2, 0.25) is 0 Å². The van der Waals surface area contributed by atoms with Crippen molar-refractivity contribution in [2.75, 3.05) is 27.2 Å². The molecule has 1 aromatic carbocycles. The molecule has 0 amide bonds. The van der Waals surface area contributed by atoms with Gasteiger partial charge in [-0.3, -0.25) is 0 Å². The smallest absolute Gasteiger partial charge is 0.123 e. The fourth-order valence-electron chi connectivity index (χ4n) is 1.80. The Kier molecular flexibility index (Phi) is 7.67. The SMILES string of the molecule is CN(C)CCCOc1ccc(-c2ncc(CN)s2)cc1.Cl. The van der Waals surface area contributed by atoms with E-state index in [-0.39, 0.29) is 12.4 Å². The lowest BCUT2D eigenvalue weighted by Gasteiger charge is -2.10. The van der Waals surface area contributed by atoms with Crippen molar-refractivity contribution in [1.82, 2.24) is 9.88 Å². The Morgan fingerprint density at radius 3 is 2.52 bits per heavy atom. The molecule has 0 radical (unpaired) electrons. The highest BCUT2D eigenvalue weighted by Crippen LogP contribution is 2.26. The minimum Gasteiger partial charge on any atom is -0.494 e. The summed E-state index contributed by atoms with van der Waals surface area (Å²) in [5.74, 6) is 0.906. The molecule has 0 aliphatic rings. The molecule has 0 fully saturated rings. The molecule has 0 saturated heterocycles. The zero-order valence-electron chi connectivity index (χ0n) is 12.4. The topological polar surface area (TPSA) is 51.4 Å². The van der Waals surface area contributed by atoms with Crippen LogP contribution in [-0.4, -0.2) is 37.1 Å². The van der Waals surface area contributed by atoms with Crippen LogP contribution in [0.5, 0.6) is 5.75 Å². The lowest BCUT2D eigenvalue weighted by Crippen LogP contribution is -2.15. The average Bonchev–Trinajstić information content (AvgIpc) is 2.93. The van der Waals surface area contributed by atoms with Gasteiger partial charge in [0.2, 0.25) is 0 Å². The summed E-state index contributed by atoms with van der Waals surface area (Å²) in [6.45, 7) is 2.33. The Morgan fingerprint density at radius 2 is 1.95 bits per heavy atom. The van der Waals surface area contributed by atoms with Crippen LogP contribution in [0.15, 0.2) is 30.5 Å². The van der Waals surface area contributed by atoms with Gasteiger partial charge in [0.1, 0.15) is 10.8 Å². The largest absolute Gasteiger partial charge is 0.494 e. The molecular formula is C15H22ClN3OS. The number of nitrogens with two attached hydrogens (primary N) is 1. The van der Waals surface area contributed by atoms with Crippen LogP contribution < -0.4 is 10.5 Å². The van der Waals surface area contributed by atoms with Gasteiger partial charge in [-0.2, -0.15) is 0 Å². The van der Waals surface area contributed by atoms with E-state index >= 15 is 0 Å². The van der Waals surface area contributed by atoms with Crippen LogP contribution in [0.1, 0.15) is 11.3 Å². The molecular weight excluding hydrogens is 306 g/mol. The normalized spacial score (nSPS) is 10.5. The number of nitrogens with zero attached hydrogens (tertiary/aromatic N) is 2. The van der Waals surface area contributed by atoms with Crippen molar-refractivity contribution >= 4 is 23.7 Å². The molecule has 1 heterocycles. The van der Waals surface area contributed by atoms with Crippen molar-refractivity contribution in [2.45, 2.75) is 13.0 Å². The number of benzene rings is 1. The first-order valence-corrected chi connectivity index (χ1v) is 7.53. The molecule has 0 aliphatic carbocycles. The van der Waals surface area contributed by atoms with Crippen molar-refractivity contribution in [3.63, 3.8) is 0 Å². The van der Waals surface area contributed by atoms with Gasteiger partial charge in [0.15, 0.2) is 0 Å². The molecule has 116 valence electrons. The van der Waals surface area contributed by atoms with Crippen LogP contribution in [0.25, 0.3) is 10.6 Å². The third-order valence-corrected chi connectivity index (χ3v) is 3.94. The summed E-state index contributed by atoms with van der Waals surface area (Å²) < 4.78 is 5.71. The second-order valence-electron chi connectivity index (χ2n) is 4.87. The van der Waals surface area contributed by atoms with Crippen LogP contribution in [0, 0.1) is 0 Å². The van der Waals surface area contributed by atoms with Gasteiger partial charge in [0.25, 0.3) is 0 Å². The van der Waals surface area contributed by atoms with Crippen molar-refractivity contribution in [3.8, 4) is 16.3 Å². The monoisotopic (exact) mass is 327 g/mol. The van der Waals surface area contributed by atoms with Gasteiger partial charge in [0, 0.05) is 29.7 Å². The van der Waals surface area contributed by atoms with E-state index in [0.717, 1.165) is 40.8 Å². The van der Waals surface area contributed by atoms with Crippen molar-refractivity contribution in [3.05, 3.63) is 35.3 Å². The second-order valence-corrected chi connectivity index (χ2v) is 5.98. The van der Waals surface area contributed by atoms with E-state index in [2.05, 4.69) is 24.0 Å². The highest BCUT2D eigenvalue weighted by molar-refractivity contribution is 7.15. The Morgan fingerprint density at radius 1 is 1.24 bits per heavy atom. The van der Waals surface area contributed by atoms with Crippen molar-refractivity contribution in [1.29, 1.82) is 0 Å². The van der Waals surface area contributed by atoms with Crippen LogP contribution >= 0.6 is 23.7 Å². The molecule has 2 rings (SSSR count). The summed E-state index contributed by atoms with van der Waals surface area (Å²) in [6.07, 6.45) is 2.87. The zero-order valence-corrected chi connectivity index (χ0v) is 14.0. The van der Waals surface area contributed by atoms with E-state index in [9.17, 15) is 0 Å². The maximum Gasteiger partial charge on any atom is 0.123 e. The number of ether oxygens (including phenoxy) is 1. The lowest BCUT2D eigenvalue weighted by molar-refractivity contribution is 0.281. The predicted molar refractivity (Wildman–Crippen MR) is 91.4 cm³/mol. The third kappa shape index (κ3) is 5.63. The van der Waals surface area contributed by atoms with Crippen LogP contribution in [-0.2, 0) is 6.54 Å². The quantitative estimate of drug-likeness (QED) is 0.794. The number of rotatable bonds is 7. The van der Waals surface area contributed by atoms with Gasteiger partial charge >= 0.3 is 0 Å². The molecule has 0 atom stereocenters. The molecule has 4 nitrogen and oxygen atoms in total. The molecule has 0 spiro atoms.